The molecule has 0 unspecified atom stereocenters. The molecule has 0 heterocycles. The average molecular weight is 361 g/mol. The van der Waals surface area contributed by atoms with Gasteiger partial charge in [-0.25, -0.2) is 0 Å². The molecule has 2 aromatic rings. The lowest BCUT2D eigenvalue weighted by atomic mass is 9.87. The van der Waals surface area contributed by atoms with Gasteiger partial charge in [0.05, 0.1) is 12.0 Å². The van der Waals surface area contributed by atoms with Gasteiger partial charge in [-0.05, 0) is 48.6 Å². The van der Waals surface area contributed by atoms with Crippen LogP contribution in [0.3, 0.4) is 0 Å². The van der Waals surface area contributed by atoms with Gasteiger partial charge in [-0.3, -0.25) is 10.1 Å². The molecule has 0 bridgehead atoms. The van der Waals surface area contributed by atoms with Crippen LogP contribution in [0.2, 0.25) is 0 Å². The van der Waals surface area contributed by atoms with E-state index in [1.54, 1.807) is 19.2 Å². The molecule has 0 saturated heterocycles. The summed E-state index contributed by atoms with van der Waals surface area (Å²) < 4.78 is 5.25. The number of hydrogen-bond acceptors (Lipinski definition) is 3. The van der Waals surface area contributed by atoms with Crippen LogP contribution in [0.5, 0.6) is 5.75 Å². The van der Waals surface area contributed by atoms with Crippen LogP contribution < -0.4 is 4.74 Å². The van der Waals surface area contributed by atoms with Crippen LogP contribution in [0.25, 0.3) is 5.57 Å². The fourth-order valence-electron chi connectivity index (χ4n) is 3.32. The van der Waals surface area contributed by atoms with Gasteiger partial charge in [0.1, 0.15) is 5.75 Å². The molecule has 27 heavy (non-hydrogen) atoms. The van der Waals surface area contributed by atoms with Crippen LogP contribution >= 0.6 is 0 Å². The summed E-state index contributed by atoms with van der Waals surface area (Å²) in [7, 11) is 1.65. The molecule has 0 radical (unpaired) electrons. The number of non-ortho nitro benzene ring substituents is 1. The standard InChI is InChI=1S/C23H23NO3/c1-27-23-15-11-20(12-16-23)21(17-19-5-3-2-4-6-19)10-7-18-8-13-22(14-9-18)24(25)26/h8-9,11-17,19H,2-6H2,1H3/b21-17-. The van der Waals surface area contributed by atoms with Gasteiger partial charge in [0.2, 0.25) is 0 Å². The fraction of sp³-hybridized carbons (Fsp3) is 0.304. The molecule has 1 fully saturated rings. The predicted molar refractivity (Wildman–Crippen MR) is 108 cm³/mol. The van der Waals surface area contributed by atoms with E-state index < -0.39 is 4.92 Å². The summed E-state index contributed by atoms with van der Waals surface area (Å²) >= 11 is 0. The number of nitro groups is 1. The van der Waals surface area contributed by atoms with E-state index >= 15 is 0 Å². The van der Waals surface area contributed by atoms with Gasteiger partial charge in [-0.2, -0.15) is 0 Å². The number of nitrogens with zero attached hydrogens (tertiary/aromatic N) is 1. The van der Waals surface area contributed by atoms with Crippen molar-refractivity contribution in [3.05, 3.63) is 75.8 Å². The molecule has 4 nitrogen and oxygen atoms in total. The van der Waals surface area contributed by atoms with E-state index in [0.29, 0.717) is 5.92 Å². The average Bonchev–Trinajstić information content (AvgIpc) is 2.72. The van der Waals surface area contributed by atoms with Crippen molar-refractivity contribution in [2.45, 2.75) is 32.1 Å². The van der Waals surface area contributed by atoms with Crippen LogP contribution in [0, 0.1) is 27.9 Å². The van der Waals surface area contributed by atoms with Gasteiger partial charge < -0.3 is 4.74 Å². The Bertz CT molecular complexity index is 865. The second kappa shape index (κ2) is 9.05. The maximum absolute atomic E-state index is 10.8. The van der Waals surface area contributed by atoms with Crippen molar-refractivity contribution < 1.29 is 9.66 Å². The summed E-state index contributed by atoms with van der Waals surface area (Å²) in [5.74, 6) is 7.82. The first-order valence-electron chi connectivity index (χ1n) is 9.28. The molecule has 0 amide bonds. The Balaban J connectivity index is 1.89. The number of hydrogen-bond donors (Lipinski definition) is 0. The van der Waals surface area contributed by atoms with Gasteiger partial charge in [0.25, 0.3) is 5.69 Å². The highest BCUT2D eigenvalue weighted by Crippen LogP contribution is 2.28. The lowest BCUT2D eigenvalue weighted by Crippen LogP contribution is -2.03. The number of ether oxygens (including phenoxy) is 1. The third-order valence-electron chi connectivity index (χ3n) is 4.87. The van der Waals surface area contributed by atoms with Crippen molar-refractivity contribution in [1.82, 2.24) is 0 Å². The first-order valence-corrected chi connectivity index (χ1v) is 9.28. The van der Waals surface area contributed by atoms with Crippen molar-refractivity contribution in [3.8, 4) is 17.6 Å². The van der Waals surface area contributed by atoms with Crippen LogP contribution in [-0.2, 0) is 0 Å². The zero-order valence-electron chi connectivity index (χ0n) is 15.5. The molecular weight excluding hydrogens is 338 g/mol. The summed E-state index contributed by atoms with van der Waals surface area (Å²) in [6.07, 6.45) is 8.56. The van der Waals surface area contributed by atoms with Gasteiger partial charge in [0, 0.05) is 23.3 Å². The Morgan fingerprint density at radius 3 is 2.33 bits per heavy atom. The second-order valence-corrected chi connectivity index (χ2v) is 6.76. The number of allylic oxidation sites excluding steroid dienone is 2. The van der Waals surface area contributed by atoms with Crippen LogP contribution in [-0.4, -0.2) is 12.0 Å². The minimum Gasteiger partial charge on any atom is -0.497 e. The van der Waals surface area contributed by atoms with E-state index in [1.165, 1.54) is 44.2 Å². The van der Waals surface area contributed by atoms with E-state index in [2.05, 4.69) is 17.9 Å². The number of benzene rings is 2. The number of nitro benzene ring substituents is 1. The van der Waals surface area contributed by atoms with E-state index in [1.807, 2.05) is 24.3 Å². The number of methoxy groups -OCH3 is 1. The molecule has 0 N–H and O–H groups in total. The normalized spacial score (nSPS) is 14.9. The summed E-state index contributed by atoms with van der Waals surface area (Å²) in [5, 5.41) is 10.8. The molecule has 3 rings (SSSR count). The monoisotopic (exact) mass is 361 g/mol. The molecule has 0 aromatic heterocycles. The third-order valence-corrected chi connectivity index (χ3v) is 4.87. The molecule has 0 atom stereocenters. The SMILES string of the molecule is COc1ccc(/C(C#Cc2ccc([N+](=O)[O-])cc2)=C\C2CCCCC2)cc1. The molecule has 2 aromatic carbocycles. The van der Waals surface area contributed by atoms with E-state index in [9.17, 15) is 10.1 Å². The molecule has 138 valence electrons. The topological polar surface area (TPSA) is 52.4 Å². The molecule has 1 aliphatic rings. The largest absolute Gasteiger partial charge is 0.497 e. The van der Waals surface area contributed by atoms with E-state index in [0.717, 1.165) is 22.4 Å². The zero-order valence-corrected chi connectivity index (χ0v) is 15.5. The van der Waals surface area contributed by atoms with Crippen LogP contribution in [0.1, 0.15) is 43.2 Å². The molecule has 0 aliphatic heterocycles. The Hall–Kier alpha value is -3.06. The van der Waals surface area contributed by atoms with Crippen molar-refractivity contribution in [2.24, 2.45) is 5.92 Å². The first-order chi connectivity index (χ1) is 13.2. The van der Waals surface area contributed by atoms with Gasteiger partial charge in [-0.15, -0.1) is 0 Å². The van der Waals surface area contributed by atoms with E-state index in [4.69, 9.17) is 4.74 Å². The summed E-state index contributed by atoms with van der Waals surface area (Å²) in [6, 6.07) is 14.3. The lowest BCUT2D eigenvalue weighted by molar-refractivity contribution is -0.384. The van der Waals surface area contributed by atoms with Gasteiger partial charge in [0.15, 0.2) is 0 Å². The molecular formula is C23H23NO3. The predicted octanol–water partition coefficient (Wildman–Crippen LogP) is 5.62. The Kier molecular flexibility index (Phi) is 6.27. The summed E-state index contributed by atoms with van der Waals surface area (Å²) in [4.78, 5) is 10.4. The van der Waals surface area contributed by atoms with E-state index in [-0.39, 0.29) is 5.69 Å². The van der Waals surface area contributed by atoms with Crippen LogP contribution in [0.15, 0.2) is 54.6 Å². The van der Waals surface area contributed by atoms with Gasteiger partial charge in [-0.1, -0.05) is 49.3 Å². The quantitative estimate of drug-likeness (QED) is 0.403. The lowest BCUT2D eigenvalue weighted by Gasteiger charge is -2.18. The first kappa shape index (κ1) is 18.7. The fourth-order valence-corrected chi connectivity index (χ4v) is 3.32. The summed E-state index contributed by atoms with van der Waals surface area (Å²) in [6.45, 7) is 0. The Morgan fingerprint density at radius 2 is 1.74 bits per heavy atom. The maximum atomic E-state index is 10.8. The highest BCUT2D eigenvalue weighted by molar-refractivity contribution is 5.80. The summed E-state index contributed by atoms with van der Waals surface area (Å²) in [5.41, 5.74) is 2.91. The van der Waals surface area contributed by atoms with Crippen LogP contribution in [0.4, 0.5) is 5.69 Å². The Morgan fingerprint density at radius 1 is 1.07 bits per heavy atom. The molecule has 4 heteroatoms. The zero-order chi connectivity index (χ0) is 19.1. The maximum Gasteiger partial charge on any atom is 0.269 e. The number of rotatable bonds is 4. The van der Waals surface area contributed by atoms with Crippen molar-refractivity contribution in [1.29, 1.82) is 0 Å². The third kappa shape index (κ3) is 5.21. The molecule has 1 aliphatic carbocycles. The van der Waals surface area contributed by atoms with Crippen molar-refractivity contribution >= 4 is 11.3 Å². The highest BCUT2D eigenvalue weighted by Gasteiger charge is 2.12. The smallest absolute Gasteiger partial charge is 0.269 e. The minimum atomic E-state index is -0.400. The minimum absolute atomic E-state index is 0.0775. The van der Waals surface area contributed by atoms with Gasteiger partial charge >= 0.3 is 0 Å². The Labute approximate surface area is 160 Å². The van der Waals surface area contributed by atoms with Crippen molar-refractivity contribution in [2.75, 3.05) is 7.11 Å². The van der Waals surface area contributed by atoms with Crippen molar-refractivity contribution in [3.63, 3.8) is 0 Å². The molecule has 0 spiro atoms. The second-order valence-electron chi connectivity index (χ2n) is 6.76. The highest BCUT2D eigenvalue weighted by atomic mass is 16.6. The molecule has 1 saturated carbocycles.